The molecule has 0 aliphatic carbocycles. The molecule has 2 nitrogen and oxygen atoms in total. The van der Waals surface area contributed by atoms with Crippen LogP contribution in [0.3, 0.4) is 0 Å². The van der Waals surface area contributed by atoms with E-state index in [1.165, 1.54) is 22.3 Å². The molecule has 22 heavy (non-hydrogen) atoms. The van der Waals surface area contributed by atoms with Crippen LogP contribution in [0.15, 0.2) is 36.4 Å². The van der Waals surface area contributed by atoms with Crippen molar-refractivity contribution < 1.29 is 17.0 Å². The van der Waals surface area contributed by atoms with Crippen LogP contribution in [0.4, 0.5) is 11.4 Å². The van der Waals surface area contributed by atoms with Gasteiger partial charge in [-0.05, 0) is 27.7 Å². The molecule has 0 spiro atoms. The van der Waals surface area contributed by atoms with Crippen LogP contribution in [0.2, 0.25) is 0 Å². The monoisotopic (exact) mass is 370 g/mol. The second kappa shape index (κ2) is 10.2. The van der Waals surface area contributed by atoms with E-state index in [9.17, 15) is 0 Å². The summed E-state index contributed by atoms with van der Waals surface area (Å²) in [4.78, 5) is 0. The van der Waals surface area contributed by atoms with Gasteiger partial charge in [-0.3, -0.25) is 0 Å². The van der Waals surface area contributed by atoms with Gasteiger partial charge in [-0.15, -0.1) is 11.4 Å². The van der Waals surface area contributed by atoms with Gasteiger partial charge in [0, 0.05) is 0 Å². The Morgan fingerprint density at radius 3 is 1.27 bits per heavy atom. The molecule has 0 fully saturated rings. The van der Waals surface area contributed by atoms with E-state index in [1.54, 1.807) is 0 Å². The molecule has 0 amide bonds. The molecule has 118 valence electrons. The van der Waals surface area contributed by atoms with Crippen LogP contribution in [0, 0.1) is 27.7 Å². The molecule has 0 N–H and O–H groups in total. The van der Waals surface area contributed by atoms with E-state index in [1.807, 2.05) is 0 Å². The van der Waals surface area contributed by atoms with Crippen molar-refractivity contribution in [3.05, 3.63) is 69.3 Å². The molecule has 2 aromatic rings. The van der Waals surface area contributed by atoms with Gasteiger partial charge in [0.15, 0.2) is 0 Å². The zero-order chi connectivity index (χ0) is 16.5. The number of para-hydroxylation sites is 2. The first-order valence-corrected chi connectivity index (χ1v) is 11.2. The van der Waals surface area contributed by atoms with Crippen LogP contribution in [0.5, 0.6) is 0 Å². The first-order valence-electron chi connectivity index (χ1n) is 6.95. The van der Waals surface area contributed by atoms with Gasteiger partial charge < -0.3 is 10.6 Å². The Morgan fingerprint density at radius 1 is 0.727 bits per heavy atom. The first kappa shape index (κ1) is 19.4. The van der Waals surface area contributed by atoms with Crippen molar-refractivity contribution in [2.24, 2.45) is 0 Å². The molecule has 2 aromatic carbocycles. The van der Waals surface area contributed by atoms with Gasteiger partial charge in [0.2, 0.25) is 0 Å². The Hall–Kier alpha value is -0.666. The number of benzene rings is 2. The molecule has 0 aliphatic rings. The molecule has 2 rings (SSSR count). The average Bonchev–Trinajstić information content (AvgIpc) is 2.45. The molecule has 0 aromatic heterocycles. The zero-order valence-corrected chi connectivity index (χ0v) is 16.4. The van der Waals surface area contributed by atoms with Crippen LogP contribution in [0.25, 0.3) is 10.6 Å². The quantitative estimate of drug-likeness (QED) is 0.520. The third-order valence-electron chi connectivity index (χ3n) is 3.34. The third kappa shape index (κ3) is 5.85. The number of nitrogens with zero attached hydrogens (tertiary/aromatic N) is 2. The molecule has 0 radical (unpaired) electrons. The molecule has 0 heterocycles. The van der Waals surface area contributed by atoms with Gasteiger partial charge in [-0.25, -0.2) is 6.67 Å². The fourth-order valence-corrected chi connectivity index (χ4v) is 2.29. The Morgan fingerprint density at radius 2 is 1.00 bits per heavy atom. The van der Waals surface area contributed by atoms with Crippen molar-refractivity contribution in [1.82, 2.24) is 0 Å². The maximum atomic E-state index is 4.89. The number of rotatable bonds is 4. The van der Waals surface area contributed by atoms with Crippen molar-refractivity contribution in [3.63, 3.8) is 0 Å². The van der Waals surface area contributed by atoms with Crippen LogP contribution < -0.4 is 0 Å². The molecule has 0 unspecified atom stereocenters. The van der Waals surface area contributed by atoms with Crippen molar-refractivity contribution in [1.29, 1.82) is 0 Å². The summed E-state index contributed by atoms with van der Waals surface area (Å²) in [5, 5.41) is 9.23. The normalized spacial score (nSPS) is 9.55. The Balaban J connectivity index is 0.000000745. The molecular weight excluding hydrogens is 351 g/mol. The zero-order valence-electron chi connectivity index (χ0n) is 13.3. The minimum absolute atomic E-state index is 0.484. The number of hydrogen-bond donors (Lipinski definition) is 0. The molecule has 5 heteroatoms. The number of aryl methyl sites for hydroxylation is 4. The predicted octanol–water partition coefficient (Wildman–Crippen LogP) is 6.96. The fourth-order valence-electron chi connectivity index (χ4n) is 2.29. The van der Waals surface area contributed by atoms with Crippen LogP contribution in [-0.2, 0) is 17.0 Å². The average molecular weight is 371 g/mol. The molecule has 0 aliphatic heterocycles. The summed E-state index contributed by atoms with van der Waals surface area (Å²) in [6, 6.07) is 12.5. The van der Waals surface area contributed by atoms with Gasteiger partial charge >= 0.3 is 35.6 Å². The van der Waals surface area contributed by atoms with Gasteiger partial charge in [0.1, 0.15) is 0 Å². The van der Waals surface area contributed by atoms with Crippen molar-refractivity contribution in [2.45, 2.75) is 27.7 Å². The predicted molar refractivity (Wildman–Crippen MR) is 94.4 cm³/mol. The number of halogens is 2. The van der Waals surface area contributed by atoms with E-state index in [-0.39, 0.29) is 0 Å². The van der Waals surface area contributed by atoms with Gasteiger partial charge in [-0.2, -0.15) is 0 Å². The summed E-state index contributed by atoms with van der Waals surface area (Å²) < 4.78 is 0. The summed E-state index contributed by atoms with van der Waals surface area (Å²) >= 11 is -0.556. The second-order valence-electron chi connectivity index (χ2n) is 5.01. The second-order valence-corrected chi connectivity index (χ2v) is 7.59. The van der Waals surface area contributed by atoms with Gasteiger partial charge in [0.05, 0.1) is 0 Å². The van der Waals surface area contributed by atoms with Crippen molar-refractivity contribution >= 4 is 30.0 Å². The summed E-state index contributed by atoms with van der Waals surface area (Å²) in [6.07, 6.45) is 0. The van der Waals surface area contributed by atoms with Crippen LogP contribution in [-0.4, -0.2) is 6.67 Å². The van der Waals surface area contributed by atoms with Crippen molar-refractivity contribution in [2.75, 3.05) is 6.67 Å². The topological polar surface area (TPSA) is 28.2 Å². The SMILES string of the molecule is Cc1cccc(C)c1[N-]C[N-]c1c(C)cccc1C.[Cl][Ti][Cl]. The van der Waals surface area contributed by atoms with Gasteiger partial charge in [-0.1, -0.05) is 58.7 Å². The molecule has 0 saturated carbocycles. The fraction of sp³-hybridized carbons (Fsp3) is 0.294. The van der Waals surface area contributed by atoms with E-state index >= 15 is 0 Å². The molecular formula is C17H20Cl2N2Ti-2. The van der Waals surface area contributed by atoms with Crippen LogP contribution >= 0.6 is 18.6 Å². The molecule has 0 atom stereocenters. The third-order valence-corrected chi connectivity index (χ3v) is 3.34. The summed E-state index contributed by atoms with van der Waals surface area (Å²) in [6.45, 7) is 8.84. The Bertz CT molecular complexity index is 511. The van der Waals surface area contributed by atoms with Crippen molar-refractivity contribution in [3.8, 4) is 0 Å². The van der Waals surface area contributed by atoms with E-state index < -0.39 is 17.0 Å². The molecule has 0 saturated heterocycles. The Labute approximate surface area is 150 Å². The van der Waals surface area contributed by atoms with Gasteiger partial charge in [0.25, 0.3) is 0 Å². The minimum atomic E-state index is -0.556. The Kier molecular flexibility index (Phi) is 8.96. The molecule has 0 bridgehead atoms. The van der Waals surface area contributed by atoms with E-state index in [0.29, 0.717) is 6.67 Å². The van der Waals surface area contributed by atoms with E-state index in [2.05, 4.69) is 74.7 Å². The van der Waals surface area contributed by atoms with E-state index in [0.717, 1.165) is 11.4 Å². The van der Waals surface area contributed by atoms with E-state index in [4.69, 9.17) is 18.6 Å². The standard InChI is InChI=1S/C17H20N2.2ClH.Ti/c1-12-7-5-8-13(2)16(12)18-11-19-17-14(3)9-6-10-15(17)4;;;/h5-10H,11H2,1-4H3;2*1H;/q-2;;;+2/p-2. The first-order chi connectivity index (χ1) is 10.5. The summed E-state index contributed by atoms with van der Waals surface area (Å²) in [5.41, 5.74) is 6.96. The summed E-state index contributed by atoms with van der Waals surface area (Å²) in [5.74, 6) is 0. The number of hydrogen-bond acceptors (Lipinski definition) is 0. The maximum absolute atomic E-state index is 4.89. The summed E-state index contributed by atoms with van der Waals surface area (Å²) in [7, 11) is 9.78. The van der Waals surface area contributed by atoms with Crippen LogP contribution in [0.1, 0.15) is 22.3 Å².